The number of aromatic nitrogens is 1. The van der Waals surface area contributed by atoms with Crippen LogP contribution in [-0.4, -0.2) is 23.2 Å². The first-order valence-corrected chi connectivity index (χ1v) is 7.11. The summed E-state index contributed by atoms with van der Waals surface area (Å²) in [5, 5.41) is 12.2. The summed E-state index contributed by atoms with van der Waals surface area (Å²) in [5.41, 5.74) is 2.32. The molecule has 2 N–H and O–H groups in total. The van der Waals surface area contributed by atoms with Gasteiger partial charge in [-0.05, 0) is 23.3 Å². The SMILES string of the molecule is COc1ccc(CNCc2ccc(C(=O)O)cc2Br)cn1. The minimum absolute atomic E-state index is 0.268. The van der Waals surface area contributed by atoms with E-state index in [-0.39, 0.29) is 5.56 Å². The molecule has 0 saturated heterocycles. The second-order valence-corrected chi connectivity index (χ2v) is 5.28. The van der Waals surface area contributed by atoms with Crippen LogP contribution in [0.3, 0.4) is 0 Å². The highest BCUT2D eigenvalue weighted by Gasteiger charge is 2.06. The van der Waals surface area contributed by atoms with Gasteiger partial charge in [0.1, 0.15) is 0 Å². The highest BCUT2D eigenvalue weighted by Crippen LogP contribution is 2.19. The van der Waals surface area contributed by atoms with Gasteiger partial charge >= 0.3 is 5.97 Å². The molecule has 0 bridgehead atoms. The largest absolute Gasteiger partial charge is 0.481 e. The van der Waals surface area contributed by atoms with Crippen LogP contribution in [0.2, 0.25) is 0 Å². The van der Waals surface area contributed by atoms with Gasteiger partial charge < -0.3 is 15.2 Å². The Hall–Kier alpha value is -1.92. The van der Waals surface area contributed by atoms with Crippen LogP contribution in [0, 0.1) is 0 Å². The molecule has 0 aliphatic carbocycles. The predicted octanol–water partition coefficient (Wildman–Crippen LogP) is 2.84. The molecule has 2 rings (SSSR count). The van der Waals surface area contributed by atoms with Crippen LogP contribution >= 0.6 is 15.9 Å². The summed E-state index contributed by atoms with van der Waals surface area (Å²) in [6, 6.07) is 8.76. The average Bonchev–Trinajstić information content (AvgIpc) is 2.49. The van der Waals surface area contributed by atoms with Gasteiger partial charge in [0.15, 0.2) is 0 Å². The maximum Gasteiger partial charge on any atom is 0.335 e. The second kappa shape index (κ2) is 7.19. The van der Waals surface area contributed by atoms with Gasteiger partial charge in [0.25, 0.3) is 0 Å². The standard InChI is InChI=1S/C15H15BrN2O3/c1-21-14-5-2-10(8-18-14)7-17-9-12-4-3-11(15(19)20)6-13(12)16/h2-6,8,17H,7,9H2,1H3,(H,19,20). The summed E-state index contributed by atoms with van der Waals surface area (Å²) in [6.45, 7) is 1.30. The number of aromatic carboxylic acids is 1. The molecule has 6 heteroatoms. The van der Waals surface area contributed by atoms with Crippen molar-refractivity contribution in [3.63, 3.8) is 0 Å². The number of nitrogens with zero attached hydrogens (tertiary/aromatic N) is 1. The van der Waals surface area contributed by atoms with E-state index in [1.165, 1.54) is 0 Å². The van der Waals surface area contributed by atoms with Crippen LogP contribution in [0.25, 0.3) is 0 Å². The van der Waals surface area contributed by atoms with E-state index in [4.69, 9.17) is 9.84 Å². The van der Waals surface area contributed by atoms with Crippen molar-refractivity contribution in [1.82, 2.24) is 10.3 Å². The number of carbonyl (C=O) groups is 1. The Balaban J connectivity index is 1.92. The zero-order chi connectivity index (χ0) is 15.2. The van der Waals surface area contributed by atoms with Gasteiger partial charge in [-0.3, -0.25) is 0 Å². The highest BCUT2D eigenvalue weighted by atomic mass is 79.9. The third kappa shape index (κ3) is 4.27. The maximum atomic E-state index is 10.9. The molecule has 0 spiro atoms. The maximum absolute atomic E-state index is 10.9. The summed E-state index contributed by atoms with van der Waals surface area (Å²) < 4.78 is 5.78. The number of ether oxygens (including phenoxy) is 1. The van der Waals surface area contributed by atoms with E-state index in [1.54, 1.807) is 31.5 Å². The van der Waals surface area contributed by atoms with Crippen LogP contribution in [0.5, 0.6) is 5.88 Å². The molecule has 0 fully saturated rings. The molecule has 0 aliphatic heterocycles. The van der Waals surface area contributed by atoms with Crippen molar-refractivity contribution in [2.45, 2.75) is 13.1 Å². The fourth-order valence-electron chi connectivity index (χ4n) is 1.80. The van der Waals surface area contributed by atoms with Crippen LogP contribution in [0.15, 0.2) is 41.0 Å². The van der Waals surface area contributed by atoms with E-state index >= 15 is 0 Å². The molecule has 110 valence electrons. The summed E-state index contributed by atoms with van der Waals surface area (Å²) >= 11 is 3.39. The smallest absolute Gasteiger partial charge is 0.335 e. The van der Waals surface area contributed by atoms with E-state index in [9.17, 15) is 4.79 Å². The number of benzene rings is 1. The Kier molecular flexibility index (Phi) is 5.30. The van der Waals surface area contributed by atoms with Crippen LogP contribution in [0.1, 0.15) is 21.5 Å². The quantitative estimate of drug-likeness (QED) is 0.838. The molecular weight excluding hydrogens is 336 g/mol. The molecule has 0 saturated carbocycles. The number of rotatable bonds is 6. The van der Waals surface area contributed by atoms with Crippen molar-refractivity contribution in [3.8, 4) is 5.88 Å². The van der Waals surface area contributed by atoms with E-state index < -0.39 is 5.97 Å². The summed E-state index contributed by atoms with van der Waals surface area (Å²) in [6.07, 6.45) is 1.76. The molecule has 1 heterocycles. The van der Waals surface area contributed by atoms with Gasteiger partial charge in [-0.2, -0.15) is 0 Å². The normalized spacial score (nSPS) is 10.4. The molecule has 2 aromatic rings. The average molecular weight is 351 g/mol. The van der Waals surface area contributed by atoms with E-state index in [0.29, 0.717) is 19.0 Å². The van der Waals surface area contributed by atoms with Crippen molar-refractivity contribution in [2.75, 3.05) is 7.11 Å². The lowest BCUT2D eigenvalue weighted by atomic mass is 10.1. The molecule has 1 aromatic carbocycles. The summed E-state index contributed by atoms with van der Waals surface area (Å²) in [7, 11) is 1.58. The molecule has 21 heavy (non-hydrogen) atoms. The van der Waals surface area contributed by atoms with Crippen molar-refractivity contribution in [3.05, 3.63) is 57.7 Å². The number of halogens is 1. The fourth-order valence-corrected chi connectivity index (χ4v) is 2.32. The molecule has 5 nitrogen and oxygen atoms in total. The number of nitrogens with one attached hydrogen (secondary N) is 1. The predicted molar refractivity (Wildman–Crippen MR) is 82.4 cm³/mol. The first-order chi connectivity index (χ1) is 10.1. The van der Waals surface area contributed by atoms with E-state index in [2.05, 4.69) is 26.2 Å². The Bertz CT molecular complexity index is 629. The van der Waals surface area contributed by atoms with Crippen LogP contribution in [-0.2, 0) is 13.1 Å². The van der Waals surface area contributed by atoms with Crippen molar-refractivity contribution in [1.29, 1.82) is 0 Å². The van der Waals surface area contributed by atoms with Gasteiger partial charge in [-0.15, -0.1) is 0 Å². The fraction of sp³-hybridized carbons (Fsp3) is 0.200. The zero-order valence-corrected chi connectivity index (χ0v) is 13.1. The molecule has 0 amide bonds. The molecular formula is C15H15BrN2O3. The number of hydrogen-bond donors (Lipinski definition) is 2. The Labute approximate surface area is 131 Å². The van der Waals surface area contributed by atoms with Gasteiger partial charge in [0, 0.05) is 29.8 Å². The molecule has 0 unspecified atom stereocenters. The Morgan fingerprint density at radius 2 is 2.14 bits per heavy atom. The van der Waals surface area contributed by atoms with Gasteiger partial charge in [-0.25, -0.2) is 9.78 Å². The van der Waals surface area contributed by atoms with Gasteiger partial charge in [-0.1, -0.05) is 28.1 Å². The monoisotopic (exact) mass is 350 g/mol. The number of hydrogen-bond acceptors (Lipinski definition) is 4. The lowest BCUT2D eigenvalue weighted by Crippen LogP contribution is -2.13. The van der Waals surface area contributed by atoms with Gasteiger partial charge in [0.05, 0.1) is 12.7 Å². The molecule has 1 aromatic heterocycles. The number of pyridine rings is 1. The Morgan fingerprint density at radius 1 is 1.33 bits per heavy atom. The third-order valence-electron chi connectivity index (χ3n) is 2.95. The lowest BCUT2D eigenvalue weighted by molar-refractivity contribution is 0.0697. The Morgan fingerprint density at radius 3 is 2.71 bits per heavy atom. The zero-order valence-electron chi connectivity index (χ0n) is 11.5. The summed E-state index contributed by atoms with van der Waals surface area (Å²) in [5.74, 6) is -0.342. The second-order valence-electron chi connectivity index (χ2n) is 4.42. The number of carboxylic acid groups (broad SMARTS) is 1. The lowest BCUT2D eigenvalue weighted by Gasteiger charge is -2.08. The minimum atomic E-state index is -0.931. The summed E-state index contributed by atoms with van der Waals surface area (Å²) in [4.78, 5) is 15.0. The van der Waals surface area contributed by atoms with Crippen molar-refractivity contribution in [2.24, 2.45) is 0 Å². The minimum Gasteiger partial charge on any atom is -0.481 e. The first-order valence-electron chi connectivity index (χ1n) is 6.31. The van der Waals surface area contributed by atoms with Crippen molar-refractivity contribution >= 4 is 21.9 Å². The molecule has 0 atom stereocenters. The third-order valence-corrected chi connectivity index (χ3v) is 3.69. The first kappa shape index (κ1) is 15.5. The topological polar surface area (TPSA) is 71.5 Å². The van der Waals surface area contributed by atoms with E-state index in [0.717, 1.165) is 15.6 Å². The van der Waals surface area contributed by atoms with Crippen molar-refractivity contribution < 1.29 is 14.6 Å². The van der Waals surface area contributed by atoms with Crippen LogP contribution in [0.4, 0.5) is 0 Å². The van der Waals surface area contributed by atoms with Gasteiger partial charge in [0.2, 0.25) is 5.88 Å². The number of methoxy groups -OCH3 is 1. The molecule has 0 aliphatic rings. The van der Waals surface area contributed by atoms with E-state index in [1.807, 2.05) is 12.1 Å². The highest BCUT2D eigenvalue weighted by molar-refractivity contribution is 9.10. The molecule has 0 radical (unpaired) electrons. The number of carboxylic acids is 1. The van der Waals surface area contributed by atoms with Crippen LogP contribution < -0.4 is 10.1 Å².